The van der Waals surface area contributed by atoms with Crippen LogP contribution in [-0.2, 0) is 22.6 Å². The van der Waals surface area contributed by atoms with Crippen molar-refractivity contribution < 1.29 is 19.1 Å². The SMILES string of the molecule is COc1ccc(-c2cc3n(n2)C[C@@](C)(C(=O)NCc2ccccc2)N(CCCOC(C)C)C3=O)cc1. The van der Waals surface area contributed by atoms with Gasteiger partial charge in [0.15, 0.2) is 0 Å². The van der Waals surface area contributed by atoms with Crippen LogP contribution in [0.25, 0.3) is 11.3 Å². The largest absolute Gasteiger partial charge is 0.497 e. The van der Waals surface area contributed by atoms with Crippen molar-refractivity contribution in [3.63, 3.8) is 0 Å². The third kappa shape index (κ3) is 5.44. The maximum absolute atomic E-state index is 13.7. The van der Waals surface area contributed by atoms with Crippen molar-refractivity contribution >= 4 is 11.8 Å². The molecule has 1 atom stereocenters. The zero-order valence-corrected chi connectivity index (χ0v) is 21.4. The monoisotopic (exact) mass is 490 g/mol. The van der Waals surface area contributed by atoms with E-state index in [-0.39, 0.29) is 24.5 Å². The molecule has 0 radical (unpaired) electrons. The number of carbonyl (C=O) groups is 2. The summed E-state index contributed by atoms with van der Waals surface area (Å²) in [6.45, 7) is 7.33. The molecule has 0 saturated heterocycles. The van der Waals surface area contributed by atoms with Gasteiger partial charge in [-0.05, 0) is 63.1 Å². The molecule has 1 aliphatic rings. The van der Waals surface area contributed by atoms with Crippen LogP contribution in [0, 0.1) is 0 Å². The number of fused-ring (bicyclic) bond motifs is 1. The van der Waals surface area contributed by atoms with Gasteiger partial charge in [-0.1, -0.05) is 30.3 Å². The molecule has 2 aromatic carbocycles. The molecule has 0 bridgehead atoms. The summed E-state index contributed by atoms with van der Waals surface area (Å²) in [7, 11) is 1.62. The van der Waals surface area contributed by atoms with E-state index in [1.807, 2.05) is 75.4 Å². The van der Waals surface area contributed by atoms with Crippen LogP contribution in [0.1, 0.15) is 43.2 Å². The Labute approximate surface area is 212 Å². The average Bonchev–Trinajstić information content (AvgIpc) is 3.31. The minimum absolute atomic E-state index is 0.107. The Morgan fingerprint density at radius 3 is 2.53 bits per heavy atom. The molecule has 3 aromatic rings. The predicted molar refractivity (Wildman–Crippen MR) is 138 cm³/mol. The molecule has 36 heavy (non-hydrogen) atoms. The van der Waals surface area contributed by atoms with Gasteiger partial charge in [0.05, 0.1) is 25.5 Å². The number of nitrogens with one attached hydrogen (secondary N) is 1. The molecule has 2 heterocycles. The highest BCUT2D eigenvalue weighted by Crippen LogP contribution is 2.31. The summed E-state index contributed by atoms with van der Waals surface area (Å²) in [5, 5.41) is 7.73. The maximum atomic E-state index is 13.7. The fraction of sp³-hybridized carbons (Fsp3) is 0.393. The average molecular weight is 491 g/mol. The molecule has 2 amide bonds. The number of benzene rings is 2. The normalized spacial score (nSPS) is 17.2. The van der Waals surface area contributed by atoms with E-state index in [9.17, 15) is 9.59 Å². The third-order valence-corrected chi connectivity index (χ3v) is 6.45. The molecule has 1 N–H and O–H groups in total. The molecule has 0 saturated carbocycles. The van der Waals surface area contributed by atoms with Crippen molar-refractivity contribution in [2.75, 3.05) is 20.3 Å². The summed E-state index contributed by atoms with van der Waals surface area (Å²) < 4.78 is 12.6. The van der Waals surface area contributed by atoms with Gasteiger partial charge in [0.1, 0.15) is 17.0 Å². The molecule has 0 spiro atoms. The smallest absolute Gasteiger partial charge is 0.273 e. The quantitative estimate of drug-likeness (QED) is 0.436. The highest BCUT2D eigenvalue weighted by Gasteiger charge is 2.47. The van der Waals surface area contributed by atoms with Crippen molar-refractivity contribution in [2.45, 2.75) is 51.9 Å². The molecule has 190 valence electrons. The van der Waals surface area contributed by atoms with Crippen LogP contribution in [0.4, 0.5) is 0 Å². The van der Waals surface area contributed by atoms with Crippen LogP contribution in [0.3, 0.4) is 0 Å². The van der Waals surface area contributed by atoms with E-state index >= 15 is 0 Å². The highest BCUT2D eigenvalue weighted by molar-refractivity contribution is 6.00. The lowest BCUT2D eigenvalue weighted by molar-refractivity contribution is -0.133. The Balaban J connectivity index is 1.60. The zero-order valence-electron chi connectivity index (χ0n) is 21.4. The van der Waals surface area contributed by atoms with Crippen LogP contribution in [0.5, 0.6) is 5.75 Å². The van der Waals surface area contributed by atoms with Crippen molar-refractivity contribution in [1.29, 1.82) is 0 Å². The first kappa shape index (κ1) is 25.4. The second-order valence-electron chi connectivity index (χ2n) is 9.47. The van der Waals surface area contributed by atoms with Gasteiger partial charge >= 0.3 is 0 Å². The van der Waals surface area contributed by atoms with Crippen molar-refractivity contribution in [3.05, 3.63) is 71.9 Å². The lowest BCUT2D eigenvalue weighted by Gasteiger charge is -2.43. The van der Waals surface area contributed by atoms with E-state index in [0.29, 0.717) is 37.5 Å². The van der Waals surface area contributed by atoms with Crippen LogP contribution in [0.15, 0.2) is 60.7 Å². The summed E-state index contributed by atoms with van der Waals surface area (Å²) in [6.07, 6.45) is 0.737. The van der Waals surface area contributed by atoms with Gasteiger partial charge in [-0.2, -0.15) is 5.10 Å². The van der Waals surface area contributed by atoms with Gasteiger partial charge in [-0.3, -0.25) is 14.3 Å². The molecule has 0 unspecified atom stereocenters. The molecule has 1 aliphatic heterocycles. The summed E-state index contributed by atoms with van der Waals surface area (Å²) in [4.78, 5) is 28.9. The topological polar surface area (TPSA) is 85.7 Å². The Hall–Kier alpha value is -3.65. The van der Waals surface area contributed by atoms with Gasteiger partial charge in [-0.25, -0.2) is 0 Å². The number of aromatic nitrogens is 2. The Kier molecular flexibility index (Phi) is 7.74. The number of hydrogen-bond acceptors (Lipinski definition) is 5. The molecule has 8 nitrogen and oxygen atoms in total. The van der Waals surface area contributed by atoms with Crippen molar-refractivity contribution in [1.82, 2.24) is 20.0 Å². The summed E-state index contributed by atoms with van der Waals surface area (Å²) >= 11 is 0. The Morgan fingerprint density at radius 2 is 1.86 bits per heavy atom. The number of hydrogen-bond donors (Lipinski definition) is 1. The van der Waals surface area contributed by atoms with Gasteiger partial charge in [0.2, 0.25) is 5.91 Å². The van der Waals surface area contributed by atoms with Crippen molar-refractivity contribution in [2.24, 2.45) is 0 Å². The first-order valence-corrected chi connectivity index (χ1v) is 12.3. The lowest BCUT2D eigenvalue weighted by Crippen LogP contribution is -2.64. The standard InChI is InChI=1S/C28H34N4O4/c1-20(2)36-16-8-15-31-26(33)25-17-24(22-11-13-23(35-4)14-12-22)30-32(25)19-28(31,3)27(34)29-18-21-9-6-5-7-10-21/h5-7,9-14,17,20H,8,15-16,18-19H2,1-4H3,(H,29,34)/t28-/m0/s1. The van der Waals surface area contributed by atoms with E-state index in [1.54, 1.807) is 22.8 Å². The number of amides is 2. The Bertz CT molecular complexity index is 1190. The van der Waals surface area contributed by atoms with E-state index in [4.69, 9.17) is 14.6 Å². The number of rotatable bonds is 10. The van der Waals surface area contributed by atoms with Crippen molar-refractivity contribution in [3.8, 4) is 17.0 Å². The summed E-state index contributed by atoms with van der Waals surface area (Å²) in [5.41, 5.74) is 1.92. The second-order valence-corrected chi connectivity index (χ2v) is 9.47. The third-order valence-electron chi connectivity index (χ3n) is 6.45. The number of carbonyl (C=O) groups excluding carboxylic acids is 2. The fourth-order valence-electron chi connectivity index (χ4n) is 4.40. The zero-order chi connectivity index (χ0) is 25.7. The predicted octanol–water partition coefficient (Wildman–Crippen LogP) is 3.90. The van der Waals surface area contributed by atoms with E-state index in [1.165, 1.54) is 0 Å². The van der Waals surface area contributed by atoms with Gasteiger partial charge < -0.3 is 19.7 Å². The van der Waals surface area contributed by atoms with E-state index in [0.717, 1.165) is 16.9 Å². The second kappa shape index (κ2) is 11.0. The summed E-state index contributed by atoms with van der Waals surface area (Å²) in [5.74, 6) is 0.323. The highest BCUT2D eigenvalue weighted by atomic mass is 16.5. The Morgan fingerprint density at radius 1 is 1.14 bits per heavy atom. The van der Waals surface area contributed by atoms with Gasteiger partial charge in [0.25, 0.3) is 5.91 Å². The van der Waals surface area contributed by atoms with Crippen LogP contribution in [0.2, 0.25) is 0 Å². The number of ether oxygens (including phenoxy) is 2. The molecule has 0 fully saturated rings. The minimum Gasteiger partial charge on any atom is -0.497 e. The molecular formula is C28H34N4O4. The summed E-state index contributed by atoms with van der Waals surface area (Å²) in [6, 6.07) is 19.1. The fourth-order valence-corrected chi connectivity index (χ4v) is 4.40. The van der Waals surface area contributed by atoms with E-state index < -0.39 is 5.54 Å². The molecule has 1 aromatic heterocycles. The van der Waals surface area contributed by atoms with Gasteiger partial charge in [-0.15, -0.1) is 0 Å². The molecule has 0 aliphatic carbocycles. The lowest BCUT2D eigenvalue weighted by atomic mass is 9.94. The molecule has 4 rings (SSSR count). The molecule has 8 heteroatoms. The maximum Gasteiger partial charge on any atom is 0.273 e. The van der Waals surface area contributed by atoms with Crippen LogP contribution >= 0.6 is 0 Å². The molecular weight excluding hydrogens is 456 g/mol. The van der Waals surface area contributed by atoms with Crippen LogP contribution in [-0.4, -0.2) is 58.4 Å². The minimum atomic E-state index is -1.10. The van der Waals surface area contributed by atoms with Crippen LogP contribution < -0.4 is 10.1 Å². The number of methoxy groups -OCH3 is 1. The first-order chi connectivity index (χ1) is 17.3. The first-order valence-electron chi connectivity index (χ1n) is 12.3. The number of nitrogens with zero attached hydrogens (tertiary/aromatic N) is 3. The van der Waals surface area contributed by atoms with E-state index in [2.05, 4.69) is 5.32 Å². The van der Waals surface area contributed by atoms with Gasteiger partial charge in [0, 0.05) is 25.3 Å².